The van der Waals surface area contributed by atoms with Gasteiger partial charge in [0, 0.05) is 79.9 Å². The summed E-state index contributed by atoms with van der Waals surface area (Å²) in [6, 6.07) is 26.1. The largest absolute Gasteiger partial charge is 0.493 e. The van der Waals surface area contributed by atoms with Crippen LogP contribution in [-0.4, -0.2) is 101 Å². The third-order valence-electron chi connectivity index (χ3n) is 15.8. The number of anilines is 1. The molecule has 6 aromatic rings. The molecule has 3 aliphatic rings. The van der Waals surface area contributed by atoms with Crippen molar-refractivity contribution >= 4 is 40.7 Å². The first kappa shape index (κ1) is 56.4. The van der Waals surface area contributed by atoms with Gasteiger partial charge < -0.3 is 44.5 Å². The third-order valence-corrected chi connectivity index (χ3v) is 16.8. The van der Waals surface area contributed by atoms with Crippen molar-refractivity contribution in [2.24, 2.45) is 11.8 Å². The van der Waals surface area contributed by atoms with Crippen LogP contribution in [0.1, 0.15) is 126 Å². The molecule has 4 atom stereocenters. The molecule has 9 rings (SSSR count). The molecule has 0 aliphatic carbocycles. The van der Waals surface area contributed by atoms with Gasteiger partial charge in [-0.25, -0.2) is 4.98 Å². The van der Waals surface area contributed by atoms with Crippen LogP contribution in [0.3, 0.4) is 0 Å². The first-order chi connectivity index (χ1) is 38.0. The molecule has 0 spiro atoms. The summed E-state index contributed by atoms with van der Waals surface area (Å²) in [5, 5.41) is 6.22. The topological polar surface area (TPSA) is 176 Å². The van der Waals surface area contributed by atoms with Gasteiger partial charge in [0.25, 0.3) is 17.4 Å². The number of nitrogens with one attached hydrogen (secondary N) is 3. The second-order valence-corrected chi connectivity index (χ2v) is 22.8. The smallest absolute Gasteiger partial charge is 0.255 e. The Labute approximate surface area is 468 Å². The highest BCUT2D eigenvalue weighted by Gasteiger charge is 2.45. The number of amides is 4. The molecule has 0 radical (unpaired) electrons. The average molecular weight is 1090 g/mol. The van der Waals surface area contributed by atoms with Crippen LogP contribution in [0.5, 0.6) is 11.5 Å². The molecule has 16 heteroatoms. The van der Waals surface area contributed by atoms with Crippen LogP contribution < -0.4 is 30.6 Å². The Morgan fingerprint density at radius 2 is 1.57 bits per heavy atom. The Balaban J connectivity index is 0.799. The fourth-order valence-corrected chi connectivity index (χ4v) is 12.4. The number of carbonyl (C=O) groups excluding carboxylic acids is 4. The summed E-state index contributed by atoms with van der Waals surface area (Å²) in [6.07, 6.45) is 2.92. The number of aryl methyl sites for hydroxylation is 3. The van der Waals surface area contributed by atoms with E-state index in [9.17, 15) is 24.0 Å². The number of hydrogen-bond donors (Lipinski definition) is 3. The van der Waals surface area contributed by atoms with Gasteiger partial charge in [-0.3, -0.25) is 24.0 Å². The van der Waals surface area contributed by atoms with E-state index in [2.05, 4.69) is 57.5 Å². The summed E-state index contributed by atoms with van der Waals surface area (Å²) in [6.45, 7) is 21.5. The molecule has 0 bridgehead atoms. The van der Waals surface area contributed by atoms with E-state index >= 15 is 0 Å². The predicted molar refractivity (Wildman–Crippen MR) is 310 cm³/mol. The maximum atomic E-state index is 14.6. The number of carbonyl (C=O) groups is 4. The summed E-state index contributed by atoms with van der Waals surface area (Å²) in [4.78, 5) is 83.8. The van der Waals surface area contributed by atoms with Gasteiger partial charge in [0.1, 0.15) is 23.6 Å². The number of likely N-dealkylation sites (tertiary alicyclic amines) is 1. The lowest BCUT2D eigenvalue weighted by molar-refractivity contribution is -0.143. The van der Waals surface area contributed by atoms with Crippen molar-refractivity contribution in [3.05, 3.63) is 151 Å². The molecular weight excluding hydrogens is 1010 g/mol. The summed E-state index contributed by atoms with van der Waals surface area (Å²) < 4.78 is 18.0. The van der Waals surface area contributed by atoms with Crippen molar-refractivity contribution < 1.29 is 33.4 Å². The minimum atomic E-state index is -0.753. The molecule has 79 heavy (non-hydrogen) atoms. The summed E-state index contributed by atoms with van der Waals surface area (Å²) >= 11 is 1.60. The first-order valence-corrected chi connectivity index (χ1v) is 28.7. The number of hydrogen-bond acceptors (Lipinski definition) is 11. The highest BCUT2D eigenvalue weighted by Crippen LogP contribution is 2.37. The van der Waals surface area contributed by atoms with Crippen molar-refractivity contribution in [2.45, 2.75) is 125 Å². The molecule has 3 N–H and O–H groups in total. The number of H-pyrrole nitrogens is 1. The number of aromatic amines is 1. The quantitative estimate of drug-likeness (QED) is 0.0624. The monoisotopic (exact) mass is 1090 g/mol. The zero-order valence-corrected chi connectivity index (χ0v) is 47.9. The lowest BCUT2D eigenvalue weighted by Crippen LogP contribution is -2.55. The molecule has 2 fully saturated rings. The number of nitrogens with zero attached hydrogens (tertiary/aromatic N) is 4. The molecule has 15 nitrogen and oxygen atoms in total. The zero-order valence-electron chi connectivity index (χ0n) is 47.1. The van der Waals surface area contributed by atoms with E-state index in [0.717, 1.165) is 80.3 Å². The van der Waals surface area contributed by atoms with Gasteiger partial charge in [0.15, 0.2) is 0 Å². The molecule has 3 aliphatic heterocycles. The van der Waals surface area contributed by atoms with Crippen LogP contribution in [0.4, 0.5) is 5.69 Å². The normalized spacial score (nSPS) is 17.2. The van der Waals surface area contributed by atoms with E-state index in [1.54, 1.807) is 27.2 Å². The number of benzene rings is 4. The second kappa shape index (κ2) is 24.8. The summed E-state index contributed by atoms with van der Waals surface area (Å²) in [5.41, 5.74) is 12.4. The van der Waals surface area contributed by atoms with Gasteiger partial charge in [-0.1, -0.05) is 63.2 Å². The molecule has 416 valence electrons. The van der Waals surface area contributed by atoms with E-state index in [4.69, 9.17) is 14.2 Å². The van der Waals surface area contributed by atoms with Crippen molar-refractivity contribution in [1.29, 1.82) is 0 Å². The Morgan fingerprint density at radius 1 is 0.873 bits per heavy atom. The SMILES string of the molecule is CCN(c1cc(-c2ccc(OCCCOc3ccc4c(c3)C(=O)N([C@@H](C(=O)N3C[C@H](C)C[C@H]3C(=O)N[C@@H](C)c3ccc(-c5scnc5C)cc3)C(C)C)C4)cc2)cc(C(=O)NCc2c(C)cc(C)[nH]c2=O)c1C)C1CCOCC1. The second-order valence-electron chi connectivity index (χ2n) is 21.9. The van der Waals surface area contributed by atoms with Crippen molar-refractivity contribution in [1.82, 2.24) is 30.4 Å². The highest BCUT2D eigenvalue weighted by molar-refractivity contribution is 7.13. The standard InChI is InChI=1S/C63H75N7O8S/c1-10-68(49-22-26-76-27-23-49)55-31-48(30-52(41(55)7)59(71)64-33-54-39(5)29-40(6)66-60(54)72)45-16-19-50(20-17-45)77-24-11-25-78-51-21-18-47-35-70(62(74)53(47)32-51)57(37(2)3)63(75)69-34-38(4)28-56(69)61(73)67-42(8)44-12-14-46(15-13-44)58-43(9)65-36-79-58/h12-21,29-32,36-38,42,49,56-57H,10-11,22-28,33-35H2,1-9H3,(H,64,71)(H,66,72)(H,67,73)/t38-,42+,56+,57-/m1/s1. The summed E-state index contributed by atoms with van der Waals surface area (Å²) in [5.74, 6) is 0.279. The third kappa shape index (κ3) is 12.6. The minimum Gasteiger partial charge on any atom is -0.493 e. The molecule has 2 saturated heterocycles. The van der Waals surface area contributed by atoms with E-state index < -0.39 is 12.1 Å². The molecule has 4 aromatic carbocycles. The van der Waals surface area contributed by atoms with E-state index in [0.29, 0.717) is 74.0 Å². The molecule has 5 heterocycles. The number of aromatic nitrogens is 2. The predicted octanol–water partition coefficient (Wildman–Crippen LogP) is 10.3. The Hall–Kier alpha value is -7.30. The molecule has 4 amide bonds. The maximum Gasteiger partial charge on any atom is 0.255 e. The number of thiazole rings is 1. The van der Waals surface area contributed by atoms with Crippen LogP contribution in [0.15, 0.2) is 95.2 Å². The number of fused-ring (bicyclic) bond motifs is 1. The minimum absolute atomic E-state index is 0.110. The van der Waals surface area contributed by atoms with Crippen LogP contribution >= 0.6 is 11.3 Å². The zero-order chi connectivity index (χ0) is 56.1. The molecule has 2 aromatic heterocycles. The van der Waals surface area contributed by atoms with Crippen LogP contribution in [0.2, 0.25) is 0 Å². The van der Waals surface area contributed by atoms with Gasteiger partial charge in [0.2, 0.25) is 11.8 Å². The Bertz CT molecular complexity index is 3240. The van der Waals surface area contributed by atoms with E-state index in [1.807, 2.05) is 115 Å². The van der Waals surface area contributed by atoms with Crippen LogP contribution in [0, 0.1) is 39.5 Å². The molecular formula is C63H75N7O8S. The van der Waals surface area contributed by atoms with Gasteiger partial charge in [0.05, 0.1) is 35.3 Å². The van der Waals surface area contributed by atoms with E-state index in [1.165, 1.54) is 0 Å². The van der Waals surface area contributed by atoms with Gasteiger partial charge in [-0.05, 0) is 154 Å². The number of ether oxygens (including phenoxy) is 3. The van der Waals surface area contributed by atoms with Crippen molar-refractivity contribution in [3.63, 3.8) is 0 Å². The lowest BCUT2D eigenvalue weighted by atomic mass is 9.95. The summed E-state index contributed by atoms with van der Waals surface area (Å²) in [7, 11) is 0. The Kier molecular flexibility index (Phi) is 17.7. The fourth-order valence-electron chi connectivity index (χ4n) is 11.6. The van der Waals surface area contributed by atoms with E-state index in [-0.39, 0.29) is 66.2 Å². The Morgan fingerprint density at radius 3 is 2.24 bits per heavy atom. The molecule has 0 unspecified atom stereocenters. The highest BCUT2D eigenvalue weighted by atomic mass is 32.1. The fraction of sp³-hybridized carbons (Fsp3) is 0.429. The van der Waals surface area contributed by atoms with Gasteiger partial charge >= 0.3 is 0 Å². The molecule has 0 saturated carbocycles. The average Bonchev–Trinajstić information content (AvgIpc) is 4.19. The number of pyridine rings is 1. The first-order valence-electron chi connectivity index (χ1n) is 27.9. The van der Waals surface area contributed by atoms with Crippen molar-refractivity contribution in [2.75, 3.05) is 44.4 Å². The van der Waals surface area contributed by atoms with Crippen molar-refractivity contribution in [3.8, 4) is 33.1 Å². The van der Waals surface area contributed by atoms with Crippen LogP contribution in [-0.2, 0) is 27.4 Å². The number of rotatable bonds is 20. The van der Waals surface area contributed by atoms with Gasteiger partial charge in [-0.2, -0.15) is 0 Å². The van der Waals surface area contributed by atoms with Gasteiger partial charge in [-0.15, -0.1) is 11.3 Å². The lowest BCUT2D eigenvalue weighted by Gasteiger charge is -2.37. The van der Waals surface area contributed by atoms with Crippen LogP contribution in [0.25, 0.3) is 21.6 Å². The maximum absolute atomic E-state index is 14.6.